The van der Waals surface area contributed by atoms with Crippen molar-refractivity contribution in [3.63, 3.8) is 0 Å². The lowest BCUT2D eigenvalue weighted by Gasteiger charge is -2.33. The molecule has 1 aliphatic carbocycles. The number of benzene rings is 1. The number of hydrogen-bond donors (Lipinski definition) is 2. The third-order valence-electron chi connectivity index (χ3n) is 5.21. The average molecular weight is 404 g/mol. The average Bonchev–Trinajstić information content (AvgIpc) is 3.55. The van der Waals surface area contributed by atoms with Crippen LogP contribution in [0.4, 0.5) is 0 Å². The summed E-state index contributed by atoms with van der Waals surface area (Å²) in [5.41, 5.74) is 0. The number of rotatable bonds is 8. The maximum absolute atomic E-state index is 11.9. The lowest BCUT2D eigenvalue weighted by atomic mass is 10.1. The van der Waals surface area contributed by atoms with Gasteiger partial charge in [0.2, 0.25) is 5.91 Å². The van der Waals surface area contributed by atoms with Crippen LogP contribution in [-0.4, -0.2) is 79.8 Å². The Kier molecular flexibility index (Phi) is 8.03. The van der Waals surface area contributed by atoms with Crippen LogP contribution in [0.5, 0.6) is 0 Å². The Morgan fingerprint density at radius 1 is 1.18 bits per heavy atom. The SMILES string of the molecule is CN(C)C(=O)CN=C(NCCSc1ccccc1)NC1CCN(C2CC2)CC1. The second kappa shape index (κ2) is 10.7. The van der Waals surface area contributed by atoms with Crippen LogP contribution in [0.15, 0.2) is 40.2 Å². The highest BCUT2D eigenvalue weighted by molar-refractivity contribution is 7.99. The molecule has 28 heavy (non-hydrogen) atoms. The molecule has 1 aromatic carbocycles. The van der Waals surface area contributed by atoms with E-state index in [4.69, 9.17) is 0 Å². The van der Waals surface area contributed by atoms with Crippen LogP contribution < -0.4 is 10.6 Å². The quantitative estimate of drug-likeness (QED) is 0.301. The van der Waals surface area contributed by atoms with Gasteiger partial charge in [0.25, 0.3) is 0 Å². The van der Waals surface area contributed by atoms with Crippen molar-refractivity contribution < 1.29 is 4.79 Å². The number of carbonyl (C=O) groups is 1. The van der Waals surface area contributed by atoms with E-state index in [1.807, 2.05) is 17.8 Å². The molecule has 1 aliphatic heterocycles. The number of likely N-dealkylation sites (tertiary alicyclic amines) is 1. The van der Waals surface area contributed by atoms with Gasteiger partial charge >= 0.3 is 0 Å². The molecule has 0 radical (unpaired) electrons. The van der Waals surface area contributed by atoms with Gasteiger partial charge in [-0.25, -0.2) is 4.99 Å². The van der Waals surface area contributed by atoms with Crippen LogP contribution in [0.1, 0.15) is 25.7 Å². The van der Waals surface area contributed by atoms with E-state index in [2.05, 4.69) is 44.8 Å². The van der Waals surface area contributed by atoms with Crippen LogP contribution in [0.2, 0.25) is 0 Å². The first-order chi connectivity index (χ1) is 13.6. The highest BCUT2D eigenvalue weighted by Gasteiger charge is 2.31. The van der Waals surface area contributed by atoms with Gasteiger partial charge in [0.05, 0.1) is 0 Å². The Balaban J connectivity index is 1.46. The Morgan fingerprint density at radius 3 is 2.54 bits per heavy atom. The zero-order valence-corrected chi connectivity index (χ0v) is 17.9. The Morgan fingerprint density at radius 2 is 1.89 bits per heavy atom. The summed E-state index contributed by atoms with van der Waals surface area (Å²) in [6, 6.07) is 11.7. The number of piperidine rings is 1. The number of nitrogens with one attached hydrogen (secondary N) is 2. The van der Waals surface area contributed by atoms with Crippen molar-refractivity contribution >= 4 is 23.6 Å². The second-order valence-electron chi connectivity index (χ2n) is 7.73. The summed E-state index contributed by atoms with van der Waals surface area (Å²) in [6.45, 7) is 3.31. The molecule has 6 nitrogen and oxygen atoms in total. The maximum atomic E-state index is 11.9. The monoisotopic (exact) mass is 403 g/mol. The van der Waals surface area contributed by atoms with E-state index in [0.717, 1.165) is 50.2 Å². The van der Waals surface area contributed by atoms with Crippen molar-refractivity contribution in [1.82, 2.24) is 20.4 Å². The van der Waals surface area contributed by atoms with Crippen LogP contribution >= 0.6 is 11.8 Å². The molecule has 7 heteroatoms. The summed E-state index contributed by atoms with van der Waals surface area (Å²) in [6.07, 6.45) is 5.02. The molecule has 0 aromatic heterocycles. The minimum atomic E-state index is 0.0170. The summed E-state index contributed by atoms with van der Waals surface area (Å²) in [5, 5.41) is 6.97. The van der Waals surface area contributed by atoms with Crippen molar-refractivity contribution in [1.29, 1.82) is 0 Å². The first-order valence-corrected chi connectivity index (χ1v) is 11.3. The molecule has 0 unspecified atom stereocenters. The van der Waals surface area contributed by atoms with Crippen LogP contribution in [0.3, 0.4) is 0 Å². The highest BCUT2D eigenvalue weighted by atomic mass is 32.2. The highest BCUT2D eigenvalue weighted by Crippen LogP contribution is 2.29. The fourth-order valence-corrected chi connectivity index (χ4v) is 4.13. The number of hydrogen-bond acceptors (Lipinski definition) is 4. The molecular formula is C21H33N5OS. The molecule has 0 spiro atoms. The van der Waals surface area contributed by atoms with Crippen LogP contribution in [-0.2, 0) is 4.79 Å². The van der Waals surface area contributed by atoms with E-state index < -0.39 is 0 Å². The van der Waals surface area contributed by atoms with Gasteiger partial charge in [-0.1, -0.05) is 18.2 Å². The lowest BCUT2D eigenvalue weighted by molar-refractivity contribution is -0.127. The molecular weight excluding hydrogens is 370 g/mol. The van der Waals surface area contributed by atoms with E-state index in [1.165, 1.54) is 17.7 Å². The molecule has 0 bridgehead atoms. The summed E-state index contributed by atoms with van der Waals surface area (Å²) in [5.74, 6) is 1.73. The molecule has 1 aromatic rings. The van der Waals surface area contributed by atoms with Crippen molar-refractivity contribution in [2.45, 2.75) is 42.7 Å². The number of carbonyl (C=O) groups excluding carboxylic acids is 1. The van der Waals surface area contributed by atoms with Gasteiger partial charge in [-0.2, -0.15) is 0 Å². The smallest absolute Gasteiger partial charge is 0.243 e. The standard InChI is InChI=1S/C21H33N5OS/c1-25(2)20(27)16-23-21(22-12-15-28-19-6-4-3-5-7-19)24-17-10-13-26(14-11-17)18-8-9-18/h3-7,17-18H,8-16H2,1-2H3,(H2,22,23,24). The Labute approximate surface area is 173 Å². The van der Waals surface area contributed by atoms with Gasteiger partial charge < -0.3 is 20.4 Å². The third-order valence-corrected chi connectivity index (χ3v) is 6.23. The molecule has 1 saturated carbocycles. The van der Waals surface area contributed by atoms with E-state index in [0.29, 0.717) is 6.04 Å². The molecule has 2 fully saturated rings. The van der Waals surface area contributed by atoms with Gasteiger partial charge in [0.15, 0.2) is 5.96 Å². The minimum absolute atomic E-state index is 0.0170. The van der Waals surface area contributed by atoms with Gasteiger partial charge in [0, 0.05) is 56.5 Å². The number of aliphatic imine (C=N–C) groups is 1. The number of thioether (sulfide) groups is 1. The predicted octanol–water partition coefficient (Wildman–Crippen LogP) is 2.03. The van der Waals surface area contributed by atoms with Gasteiger partial charge in [0.1, 0.15) is 6.54 Å². The molecule has 1 heterocycles. The summed E-state index contributed by atoms with van der Waals surface area (Å²) in [7, 11) is 3.53. The van der Waals surface area contributed by atoms with Gasteiger partial charge in [-0.3, -0.25) is 4.79 Å². The topological polar surface area (TPSA) is 60.0 Å². The molecule has 3 rings (SSSR count). The lowest BCUT2D eigenvalue weighted by Crippen LogP contribution is -2.49. The molecule has 2 N–H and O–H groups in total. The molecule has 2 aliphatic rings. The Hall–Kier alpha value is -1.73. The first-order valence-electron chi connectivity index (χ1n) is 10.3. The van der Waals surface area contributed by atoms with Gasteiger partial charge in [-0.15, -0.1) is 11.8 Å². The molecule has 1 saturated heterocycles. The van der Waals surface area contributed by atoms with Crippen LogP contribution in [0.25, 0.3) is 0 Å². The van der Waals surface area contributed by atoms with E-state index in [-0.39, 0.29) is 12.5 Å². The third kappa shape index (κ3) is 7.02. The molecule has 1 amide bonds. The molecule has 0 atom stereocenters. The maximum Gasteiger partial charge on any atom is 0.243 e. The van der Waals surface area contributed by atoms with Crippen molar-refractivity contribution in [2.75, 3.05) is 46.0 Å². The zero-order valence-electron chi connectivity index (χ0n) is 17.1. The van der Waals surface area contributed by atoms with Gasteiger partial charge in [-0.05, 0) is 37.8 Å². The normalized spacial score (nSPS) is 18.7. The van der Waals surface area contributed by atoms with E-state index in [9.17, 15) is 4.79 Å². The summed E-state index contributed by atoms with van der Waals surface area (Å²) in [4.78, 5) is 21.9. The first kappa shape index (κ1) is 21.0. The van der Waals surface area contributed by atoms with E-state index >= 15 is 0 Å². The summed E-state index contributed by atoms with van der Waals surface area (Å²) >= 11 is 1.82. The Bertz CT molecular complexity index is 639. The van der Waals surface area contributed by atoms with Crippen molar-refractivity contribution in [3.05, 3.63) is 30.3 Å². The number of likely N-dealkylation sites (N-methyl/N-ethyl adjacent to an activating group) is 1. The number of nitrogens with zero attached hydrogens (tertiary/aromatic N) is 3. The van der Waals surface area contributed by atoms with Crippen molar-refractivity contribution in [2.24, 2.45) is 4.99 Å². The minimum Gasteiger partial charge on any atom is -0.356 e. The largest absolute Gasteiger partial charge is 0.356 e. The number of amides is 1. The van der Waals surface area contributed by atoms with E-state index in [1.54, 1.807) is 19.0 Å². The fourth-order valence-electron chi connectivity index (χ4n) is 3.34. The predicted molar refractivity (Wildman–Crippen MR) is 117 cm³/mol. The van der Waals surface area contributed by atoms with Crippen molar-refractivity contribution in [3.8, 4) is 0 Å². The number of guanidine groups is 1. The zero-order chi connectivity index (χ0) is 19.8. The summed E-state index contributed by atoms with van der Waals surface area (Å²) < 4.78 is 0. The fraction of sp³-hybridized carbons (Fsp3) is 0.619. The van der Waals surface area contributed by atoms with Crippen LogP contribution in [0, 0.1) is 0 Å². The second-order valence-corrected chi connectivity index (χ2v) is 8.90. The molecule has 154 valence electrons.